The van der Waals surface area contributed by atoms with Crippen LogP contribution in [0.1, 0.15) is 5.82 Å². The number of rotatable bonds is 4. The molecule has 1 aromatic heterocycles. The Kier molecular flexibility index (Phi) is 3.09. The summed E-state index contributed by atoms with van der Waals surface area (Å²) >= 11 is 0. The molecular weight excluding hydrogens is 236 g/mol. The molecule has 0 aliphatic rings. The highest BCUT2D eigenvalue weighted by atomic mass is 16.6. The van der Waals surface area contributed by atoms with E-state index in [4.69, 9.17) is 5.73 Å². The second kappa shape index (κ2) is 4.70. The van der Waals surface area contributed by atoms with Gasteiger partial charge in [0.05, 0.1) is 11.5 Å². The first-order valence-electron chi connectivity index (χ1n) is 5.18. The third kappa shape index (κ3) is 2.37. The summed E-state index contributed by atoms with van der Waals surface area (Å²) in [5, 5.41) is 21.3. The third-order valence-electron chi connectivity index (χ3n) is 2.48. The van der Waals surface area contributed by atoms with Crippen LogP contribution in [0.4, 0.5) is 17.1 Å². The largest absolute Gasteiger partial charge is 0.393 e. The Labute approximate surface area is 103 Å². The molecule has 0 bridgehead atoms. The second-order valence-electron chi connectivity index (χ2n) is 3.74. The van der Waals surface area contributed by atoms with Crippen LogP contribution in [0.5, 0.6) is 0 Å². The van der Waals surface area contributed by atoms with E-state index in [1.165, 1.54) is 12.1 Å². The molecule has 8 heteroatoms. The van der Waals surface area contributed by atoms with Gasteiger partial charge in [0.2, 0.25) is 0 Å². The van der Waals surface area contributed by atoms with Crippen molar-refractivity contribution >= 4 is 17.1 Å². The minimum atomic E-state index is -0.512. The highest BCUT2D eigenvalue weighted by Gasteiger charge is 2.11. The highest BCUT2D eigenvalue weighted by Crippen LogP contribution is 2.24. The molecule has 3 N–H and O–H groups in total. The van der Waals surface area contributed by atoms with Crippen LogP contribution in [0, 0.1) is 10.1 Å². The van der Waals surface area contributed by atoms with Crippen molar-refractivity contribution in [3.05, 3.63) is 40.5 Å². The first-order valence-corrected chi connectivity index (χ1v) is 5.18. The van der Waals surface area contributed by atoms with Crippen molar-refractivity contribution in [3.63, 3.8) is 0 Å². The van der Waals surface area contributed by atoms with Crippen LogP contribution in [-0.4, -0.2) is 19.7 Å². The Bertz CT molecular complexity index is 579. The van der Waals surface area contributed by atoms with Crippen LogP contribution in [0.25, 0.3) is 0 Å². The number of anilines is 2. The molecule has 2 rings (SSSR count). The Morgan fingerprint density at radius 3 is 2.89 bits per heavy atom. The number of nitrogens with zero attached hydrogens (tertiary/aromatic N) is 4. The number of aromatic nitrogens is 3. The van der Waals surface area contributed by atoms with Crippen LogP contribution in [0.15, 0.2) is 24.5 Å². The molecule has 0 unspecified atom stereocenters. The summed E-state index contributed by atoms with van der Waals surface area (Å²) in [6.45, 7) is 0.466. The summed E-state index contributed by atoms with van der Waals surface area (Å²) in [7, 11) is 1.83. The molecule has 0 radical (unpaired) electrons. The molecule has 1 heterocycles. The first-order chi connectivity index (χ1) is 8.58. The predicted molar refractivity (Wildman–Crippen MR) is 65.8 cm³/mol. The molecule has 0 saturated heterocycles. The van der Waals surface area contributed by atoms with Gasteiger partial charge in [-0.25, -0.2) is 0 Å². The van der Waals surface area contributed by atoms with Gasteiger partial charge < -0.3 is 15.6 Å². The molecule has 0 atom stereocenters. The van der Waals surface area contributed by atoms with E-state index in [1.807, 2.05) is 7.05 Å². The molecule has 0 amide bonds. The van der Waals surface area contributed by atoms with Gasteiger partial charge in [-0.15, -0.1) is 10.2 Å². The molecule has 8 nitrogen and oxygen atoms in total. The van der Waals surface area contributed by atoms with Crippen molar-refractivity contribution in [1.82, 2.24) is 14.8 Å². The van der Waals surface area contributed by atoms with E-state index in [0.29, 0.717) is 12.2 Å². The Hall–Kier alpha value is -2.64. The number of nitrogens with one attached hydrogen (secondary N) is 1. The number of nitro benzene ring substituents is 1. The van der Waals surface area contributed by atoms with Gasteiger partial charge >= 0.3 is 0 Å². The Morgan fingerprint density at radius 2 is 2.33 bits per heavy atom. The molecule has 0 saturated carbocycles. The Balaban J connectivity index is 2.09. The van der Waals surface area contributed by atoms with Crippen molar-refractivity contribution < 1.29 is 4.92 Å². The molecule has 94 valence electrons. The van der Waals surface area contributed by atoms with Crippen LogP contribution in [0.2, 0.25) is 0 Å². The number of aryl methyl sites for hydroxylation is 1. The molecule has 1 aromatic carbocycles. The number of nitrogen functional groups attached to an aromatic ring is 1. The minimum Gasteiger partial charge on any atom is -0.393 e. The fourth-order valence-electron chi connectivity index (χ4n) is 1.48. The standard InChI is InChI=1S/C10H12N6O2/c1-15-6-13-14-10(15)5-12-7-2-3-9(16(17)18)8(11)4-7/h2-4,6,12H,5,11H2,1H3. The van der Waals surface area contributed by atoms with Gasteiger partial charge in [-0.05, 0) is 12.1 Å². The van der Waals surface area contributed by atoms with E-state index in [0.717, 1.165) is 5.82 Å². The predicted octanol–water partition coefficient (Wildman–Crippen LogP) is 0.918. The van der Waals surface area contributed by atoms with Crippen molar-refractivity contribution in [2.24, 2.45) is 7.05 Å². The van der Waals surface area contributed by atoms with E-state index in [1.54, 1.807) is 17.0 Å². The number of nitro groups is 1. The van der Waals surface area contributed by atoms with E-state index >= 15 is 0 Å². The smallest absolute Gasteiger partial charge is 0.292 e. The summed E-state index contributed by atoms with van der Waals surface area (Å²) in [4.78, 5) is 10.1. The maximum Gasteiger partial charge on any atom is 0.292 e. The van der Waals surface area contributed by atoms with Gasteiger partial charge in [-0.3, -0.25) is 10.1 Å². The molecule has 0 aliphatic heterocycles. The lowest BCUT2D eigenvalue weighted by atomic mass is 10.2. The van der Waals surface area contributed by atoms with Crippen molar-refractivity contribution in [2.75, 3.05) is 11.1 Å². The average molecular weight is 248 g/mol. The molecular formula is C10H12N6O2. The van der Waals surface area contributed by atoms with Gasteiger partial charge in [-0.1, -0.05) is 0 Å². The summed E-state index contributed by atoms with van der Waals surface area (Å²) in [6, 6.07) is 4.49. The lowest BCUT2D eigenvalue weighted by molar-refractivity contribution is -0.383. The van der Waals surface area contributed by atoms with Crippen molar-refractivity contribution in [1.29, 1.82) is 0 Å². The van der Waals surface area contributed by atoms with Crippen LogP contribution in [-0.2, 0) is 13.6 Å². The van der Waals surface area contributed by atoms with Gasteiger partial charge in [0.1, 0.15) is 12.0 Å². The normalized spacial score (nSPS) is 10.3. The maximum atomic E-state index is 10.6. The first kappa shape index (κ1) is 11.8. The summed E-state index contributed by atoms with van der Waals surface area (Å²) in [5.41, 5.74) is 6.31. The Morgan fingerprint density at radius 1 is 1.56 bits per heavy atom. The lowest BCUT2D eigenvalue weighted by Gasteiger charge is -2.06. The third-order valence-corrected chi connectivity index (χ3v) is 2.48. The zero-order chi connectivity index (χ0) is 13.1. The zero-order valence-electron chi connectivity index (χ0n) is 9.70. The number of benzene rings is 1. The van der Waals surface area contributed by atoms with E-state index in [9.17, 15) is 10.1 Å². The van der Waals surface area contributed by atoms with E-state index in [-0.39, 0.29) is 11.4 Å². The monoisotopic (exact) mass is 248 g/mol. The van der Waals surface area contributed by atoms with E-state index in [2.05, 4.69) is 15.5 Å². The van der Waals surface area contributed by atoms with Crippen molar-refractivity contribution in [2.45, 2.75) is 6.54 Å². The lowest BCUT2D eigenvalue weighted by Crippen LogP contribution is -2.06. The summed E-state index contributed by atoms with van der Waals surface area (Å²) in [5.74, 6) is 0.756. The second-order valence-corrected chi connectivity index (χ2v) is 3.74. The maximum absolute atomic E-state index is 10.6. The quantitative estimate of drug-likeness (QED) is 0.472. The SMILES string of the molecule is Cn1cnnc1CNc1ccc([N+](=O)[O-])c(N)c1. The fourth-order valence-corrected chi connectivity index (χ4v) is 1.48. The summed E-state index contributed by atoms with van der Waals surface area (Å²) in [6.07, 6.45) is 1.60. The topological polar surface area (TPSA) is 112 Å². The van der Waals surface area contributed by atoms with Gasteiger partial charge in [0.25, 0.3) is 5.69 Å². The molecule has 18 heavy (non-hydrogen) atoms. The van der Waals surface area contributed by atoms with Gasteiger partial charge in [0.15, 0.2) is 5.82 Å². The molecule has 2 aromatic rings. The number of hydrogen-bond acceptors (Lipinski definition) is 6. The zero-order valence-corrected chi connectivity index (χ0v) is 9.70. The summed E-state index contributed by atoms with van der Waals surface area (Å²) < 4.78 is 1.78. The average Bonchev–Trinajstić information content (AvgIpc) is 2.72. The molecule has 0 fully saturated rings. The fraction of sp³-hybridized carbons (Fsp3) is 0.200. The van der Waals surface area contributed by atoms with Crippen LogP contribution in [0.3, 0.4) is 0 Å². The van der Waals surface area contributed by atoms with Gasteiger partial charge in [-0.2, -0.15) is 0 Å². The molecule has 0 aliphatic carbocycles. The van der Waals surface area contributed by atoms with E-state index < -0.39 is 4.92 Å². The van der Waals surface area contributed by atoms with Crippen molar-refractivity contribution in [3.8, 4) is 0 Å². The highest BCUT2D eigenvalue weighted by molar-refractivity contribution is 5.65. The number of hydrogen-bond donors (Lipinski definition) is 2. The number of nitrogens with two attached hydrogens (primary N) is 1. The molecule has 0 spiro atoms. The minimum absolute atomic E-state index is 0.0980. The van der Waals surface area contributed by atoms with Crippen LogP contribution < -0.4 is 11.1 Å². The van der Waals surface area contributed by atoms with Crippen LogP contribution >= 0.6 is 0 Å². The van der Waals surface area contributed by atoms with Gasteiger partial charge in [0, 0.05) is 18.8 Å².